The summed E-state index contributed by atoms with van der Waals surface area (Å²) in [6.45, 7) is 2.79. The van der Waals surface area contributed by atoms with Crippen molar-refractivity contribution in [2.45, 2.75) is 25.3 Å². The molecule has 0 bridgehead atoms. The van der Waals surface area contributed by atoms with Crippen molar-refractivity contribution in [3.63, 3.8) is 0 Å². The first kappa shape index (κ1) is 14.1. The molecular weight excluding hydrogens is 290 g/mol. The van der Waals surface area contributed by atoms with Crippen molar-refractivity contribution in [3.05, 3.63) is 64.5 Å². The average Bonchev–Trinajstić information content (AvgIpc) is 3.05. The number of pyridine rings is 1. The molecule has 1 saturated heterocycles. The number of nitrogens with zero attached hydrogens (tertiary/aromatic N) is 4. The molecule has 0 amide bonds. The molecule has 23 heavy (non-hydrogen) atoms. The van der Waals surface area contributed by atoms with E-state index in [9.17, 15) is 4.79 Å². The Kier molecular flexibility index (Phi) is 3.67. The molecule has 118 valence electrons. The fourth-order valence-electron chi connectivity index (χ4n) is 3.35. The predicted molar refractivity (Wildman–Crippen MR) is 87.3 cm³/mol. The number of fused-ring (bicyclic) bond motifs is 1. The van der Waals surface area contributed by atoms with Gasteiger partial charge >= 0.3 is 0 Å². The quantitative estimate of drug-likeness (QED) is 0.801. The zero-order valence-corrected chi connectivity index (χ0v) is 12.9. The number of aromatic amines is 1. The molecule has 0 atom stereocenters. The zero-order chi connectivity index (χ0) is 15.6. The van der Waals surface area contributed by atoms with E-state index in [-0.39, 0.29) is 5.56 Å². The monoisotopic (exact) mass is 309 g/mol. The van der Waals surface area contributed by atoms with Crippen LogP contribution in [0.2, 0.25) is 0 Å². The van der Waals surface area contributed by atoms with Gasteiger partial charge in [0.25, 0.3) is 5.56 Å². The Morgan fingerprint density at radius 2 is 1.96 bits per heavy atom. The number of hydrogen-bond donors (Lipinski definition) is 1. The van der Waals surface area contributed by atoms with E-state index < -0.39 is 0 Å². The molecular formula is C17H19N5O. The van der Waals surface area contributed by atoms with Gasteiger partial charge in [-0.05, 0) is 49.5 Å². The van der Waals surface area contributed by atoms with Crippen LogP contribution in [0.1, 0.15) is 30.0 Å². The molecule has 0 saturated carbocycles. The highest BCUT2D eigenvalue weighted by atomic mass is 16.1. The van der Waals surface area contributed by atoms with Crippen LogP contribution < -0.4 is 5.56 Å². The van der Waals surface area contributed by atoms with Gasteiger partial charge in [-0.2, -0.15) is 0 Å². The van der Waals surface area contributed by atoms with E-state index in [4.69, 9.17) is 0 Å². The SMILES string of the molecule is O=c1cc(CN2CCC(c3ccncc3)CC2)nc2cc[nH]n12. The van der Waals surface area contributed by atoms with E-state index in [1.165, 1.54) is 10.1 Å². The Hall–Kier alpha value is -2.47. The van der Waals surface area contributed by atoms with Gasteiger partial charge in [-0.3, -0.25) is 19.8 Å². The molecule has 0 aromatic carbocycles. The molecule has 6 heteroatoms. The highest BCUT2D eigenvalue weighted by Crippen LogP contribution is 2.27. The lowest BCUT2D eigenvalue weighted by molar-refractivity contribution is 0.202. The normalized spacial score (nSPS) is 16.9. The highest BCUT2D eigenvalue weighted by molar-refractivity contribution is 5.36. The van der Waals surface area contributed by atoms with Gasteiger partial charge in [-0.25, -0.2) is 9.50 Å². The number of rotatable bonds is 3. The zero-order valence-electron chi connectivity index (χ0n) is 12.9. The second-order valence-corrected chi connectivity index (χ2v) is 6.07. The Bertz CT molecular complexity index is 846. The van der Waals surface area contributed by atoms with Crippen molar-refractivity contribution in [2.75, 3.05) is 13.1 Å². The Balaban J connectivity index is 1.43. The molecule has 3 aromatic rings. The van der Waals surface area contributed by atoms with Gasteiger partial charge in [0.1, 0.15) is 0 Å². The molecule has 1 fully saturated rings. The summed E-state index contributed by atoms with van der Waals surface area (Å²) in [6.07, 6.45) is 7.73. The fourth-order valence-corrected chi connectivity index (χ4v) is 3.35. The van der Waals surface area contributed by atoms with Crippen LogP contribution in [0, 0.1) is 0 Å². The minimum absolute atomic E-state index is 0.0540. The van der Waals surface area contributed by atoms with Gasteiger partial charge in [0.05, 0.1) is 5.69 Å². The summed E-state index contributed by atoms with van der Waals surface area (Å²) < 4.78 is 1.46. The maximum Gasteiger partial charge on any atom is 0.272 e. The van der Waals surface area contributed by atoms with Gasteiger partial charge in [0.15, 0.2) is 5.65 Å². The molecule has 0 aliphatic carbocycles. The lowest BCUT2D eigenvalue weighted by atomic mass is 9.90. The van der Waals surface area contributed by atoms with Gasteiger partial charge in [-0.1, -0.05) is 0 Å². The van der Waals surface area contributed by atoms with Crippen LogP contribution >= 0.6 is 0 Å². The summed E-state index contributed by atoms with van der Waals surface area (Å²) in [5.41, 5.74) is 2.85. The van der Waals surface area contributed by atoms with Crippen LogP contribution in [0.15, 0.2) is 47.7 Å². The van der Waals surface area contributed by atoms with Gasteiger partial charge in [0.2, 0.25) is 0 Å². The Labute approximate surface area is 133 Å². The molecule has 3 aromatic heterocycles. The summed E-state index contributed by atoms with van der Waals surface area (Å²) in [4.78, 5) is 23.0. The summed E-state index contributed by atoms with van der Waals surface area (Å²) in [5.74, 6) is 0.611. The van der Waals surface area contributed by atoms with Crippen LogP contribution in [-0.2, 0) is 6.54 Å². The molecule has 4 rings (SSSR count). The highest BCUT2D eigenvalue weighted by Gasteiger charge is 2.21. The third kappa shape index (κ3) is 2.90. The standard InChI is InChI=1S/C17H19N5O/c23-17-11-15(20-16-3-8-19-22(16)17)12-21-9-4-14(5-10-21)13-1-6-18-7-2-13/h1-3,6-8,11,14,19H,4-5,9-10,12H2. The number of hydrogen-bond acceptors (Lipinski definition) is 4. The minimum Gasteiger partial charge on any atom is -0.297 e. The largest absolute Gasteiger partial charge is 0.297 e. The Morgan fingerprint density at radius 1 is 1.17 bits per heavy atom. The van der Waals surface area contributed by atoms with E-state index in [1.54, 1.807) is 12.3 Å². The van der Waals surface area contributed by atoms with E-state index in [1.807, 2.05) is 18.5 Å². The molecule has 0 spiro atoms. The average molecular weight is 309 g/mol. The Morgan fingerprint density at radius 3 is 2.74 bits per heavy atom. The first-order valence-corrected chi connectivity index (χ1v) is 7.98. The van der Waals surface area contributed by atoms with Crippen LogP contribution in [0.25, 0.3) is 5.65 Å². The van der Waals surface area contributed by atoms with Crippen molar-refractivity contribution in [1.82, 2.24) is 24.5 Å². The summed E-state index contributed by atoms with van der Waals surface area (Å²) >= 11 is 0. The summed E-state index contributed by atoms with van der Waals surface area (Å²) in [6, 6.07) is 7.67. The molecule has 0 radical (unpaired) electrons. The van der Waals surface area contributed by atoms with Gasteiger partial charge < -0.3 is 0 Å². The number of likely N-dealkylation sites (tertiary alicyclic amines) is 1. The maximum absolute atomic E-state index is 12.0. The van der Waals surface area contributed by atoms with Crippen molar-refractivity contribution in [2.24, 2.45) is 0 Å². The maximum atomic E-state index is 12.0. The van der Waals surface area contributed by atoms with Crippen molar-refractivity contribution >= 4 is 5.65 Å². The van der Waals surface area contributed by atoms with Crippen molar-refractivity contribution < 1.29 is 0 Å². The fraction of sp³-hybridized carbons (Fsp3) is 0.353. The van der Waals surface area contributed by atoms with Gasteiger partial charge in [0, 0.05) is 37.3 Å². The molecule has 0 unspecified atom stereocenters. The molecule has 4 heterocycles. The van der Waals surface area contributed by atoms with E-state index in [0.717, 1.165) is 38.2 Å². The molecule has 6 nitrogen and oxygen atoms in total. The second-order valence-electron chi connectivity index (χ2n) is 6.07. The second kappa shape index (κ2) is 5.96. The topological polar surface area (TPSA) is 66.3 Å². The summed E-state index contributed by atoms with van der Waals surface area (Å²) in [7, 11) is 0. The number of H-pyrrole nitrogens is 1. The summed E-state index contributed by atoms with van der Waals surface area (Å²) in [5, 5.41) is 2.87. The first-order chi connectivity index (χ1) is 11.3. The molecule has 1 aliphatic rings. The first-order valence-electron chi connectivity index (χ1n) is 7.98. The smallest absolute Gasteiger partial charge is 0.272 e. The number of aromatic nitrogens is 4. The third-order valence-corrected chi connectivity index (χ3v) is 4.58. The molecule has 1 N–H and O–H groups in total. The lowest BCUT2D eigenvalue weighted by Gasteiger charge is -2.31. The van der Waals surface area contributed by atoms with E-state index in [2.05, 4.69) is 32.1 Å². The van der Waals surface area contributed by atoms with E-state index in [0.29, 0.717) is 11.6 Å². The van der Waals surface area contributed by atoms with Crippen LogP contribution in [0.5, 0.6) is 0 Å². The number of piperidine rings is 1. The van der Waals surface area contributed by atoms with Crippen molar-refractivity contribution in [3.8, 4) is 0 Å². The van der Waals surface area contributed by atoms with Crippen molar-refractivity contribution in [1.29, 1.82) is 0 Å². The van der Waals surface area contributed by atoms with Crippen LogP contribution in [0.4, 0.5) is 0 Å². The lowest BCUT2D eigenvalue weighted by Crippen LogP contribution is -2.33. The third-order valence-electron chi connectivity index (χ3n) is 4.58. The molecule has 1 aliphatic heterocycles. The van der Waals surface area contributed by atoms with Crippen LogP contribution in [-0.4, -0.2) is 37.6 Å². The van der Waals surface area contributed by atoms with Gasteiger partial charge in [-0.15, -0.1) is 0 Å². The van der Waals surface area contributed by atoms with E-state index >= 15 is 0 Å². The van der Waals surface area contributed by atoms with Crippen LogP contribution in [0.3, 0.4) is 0 Å². The predicted octanol–water partition coefficient (Wildman–Crippen LogP) is 1.80. The minimum atomic E-state index is -0.0540. The number of nitrogens with one attached hydrogen (secondary N) is 1.